The summed E-state index contributed by atoms with van der Waals surface area (Å²) in [6.45, 7) is 1.88. The minimum atomic E-state index is -0.632. The zero-order chi connectivity index (χ0) is 15.6. The van der Waals surface area contributed by atoms with Crippen molar-refractivity contribution in [2.24, 2.45) is 0 Å². The van der Waals surface area contributed by atoms with Crippen molar-refractivity contribution in [2.45, 2.75) is 6.92 Å². The third-order valence-corrected chi connectivity index (χ3v) is 3.39. The van der Waals surface area contributed by atoms with Crippen molar-refractivity contribution < 1.29 is 9.72 Å². The molecule has 0 aliphatic carbocycles. The van der Waals surface area contributed by atoms with Crippen LogP contribution in [0.15, 0.2) is 40.9 Å². The van der Waals surface area contributed by atoms with Crippen LogP contribution in [0.2, 0.25) is 5.02 Å². The molecule has 2 aromatic carbocycles. The molecule has 0 saturated carbocycles. The largest absolute Gasteiger partial charge is 0.322 e. The first-order chi connectivity index (χ1) is 9.86. The van der Waals surface area contributed by atoms with Crippen LogP contribution in [-0.2, 0) is 0 Å². The Labute approximate surface area is 134 Å². The highest BCUT2D eigenvalue weighted by atomic mass is 79.9. The lowest BCUT2D eigenvalue weighted by atomic mass is 10.1. The van der Waals surface area contributed by atoms with Gasteiger partial charge in [-0.05, 0) is 42.8 Å². The maximum absolute atomic E-state index is 12.2. The molecule has 108 valence electrons. The van der Waals surface area contributed by atoms with Gasteiger partial charge in [0.2, 0.25) is 0 Å². The lowest BCUT2D eigenvalue weighted by molar-refractivity contribution is -0.385. The van der Waals surface area contributed by atoms with Crippen molar-refractivity contribution in [1.29, 1.82) is 0 Å². The first kappa shape index (κ1) is 15.5. The van der Waals surface area contributed by atoms with Gasteiger partial charge in [0.05, 0.1) is 4.92 Å². The van der Waals surface area contributed by atoms with E-state index in [4.69, 9.17) is 11.6 Å². The highest BCUT2D eigenvalue weighted by Gasteiger charge is 2.20. The number of rotatable bonds is 3. The quantitative estimate of drug-likeness (QED) is 0.636. The fraction of sp³-hybridized carbons (Fsp3) is 0.0714. The summed E-state index contributed by atoms with van der Waals surface area (Å²) in [4.78, 5) is 22.6. The predicted octanol–water partition coefficient (Wildman–Crippen LogP) is 4.57. The van der Waals surface area contributed by atoms with E-state index in [0.29, 0.717) is 5.69 Å². The van der Waals surface area contributed by atoms with Crippen LogP contribution >= 0.6 is 27.5 Å². The molecule has 0 spiro atoms. The van der Waals surface area contributed by atoms with Gasteiger partial charge >= 0.3 is 0 Å². The number of amides is 1. The van der Waals surface area contributed by atoms with E-state index in [1.165, 1.54) is 12.1 Å². The van der Waals surface area contributed by atoms with Gasteiger partial charge in [0.15, 0.2) is 0 Å². The number of halogens is 2. The smallest absolute Gasteiger partial charge is 0.283 e. The number of nitrogens with one attached hydrogen (secondary N) is 1. The normalized spacial score (nSPS) is 10.2. The van der Waals surface area contributed by atoms with Crippen molar-refractivity contribution in [3.8, 4) is 0 Å². The molecule has 0 radical (unpaired) electrons. The average Bonchev–Trinajstić information content (AvgIpc) is 2.36. The molecule has 1 N–H and O–H groups in total. The molecule has 2 aromatic rings. The molecule has 2 rings (SSSR count). The number of benzene rings is 2. The molecule has 0 aromatic heterocycles. The van der Waals surface area contributed by atoms with E-state index >= 15 is 0 Å². The Hall–Kier alpha value is -1.92. The third kappa shape index (κ3) is 3.80. The summed E-state index contributed by atoms with van der Waals surface area (Å²) in [5.41, 5.74) is 1.13. The second-order valence-electron chi connectivity index (χ2n) is 4.39. The molecule has 0 aliphatic heterocycles. The molecule has 5 nitrogen and oxygen atoms in total. The molecule has 0 aliphatic rings. The van der Waals surface area contributed by atoms with Crippen LogP contribution in [-0.4, -0.2) is 10.8 Å². The maximum atomic E-state index is 12.2. The van der Waals surface area contributed by atoms with Crippen LogP contribution in [0, 0.1) is 17.0 Å². The second kappa shape index (κ2) is 6.24. The van der Waals surface area contributed by atoms with E-state index in [1.54, 1.807) is 12.1 Å². The van der Waals surface area contributed by atoms with Gasteiger partial charge in [-0.1, -0.05) is 27.5 Å². The van der Waals surface area contributed by atoms with Gasteiger partial charge in [-0.15, -0.1) is 0 Å². The van der Waals surface area contributed by atoms with E-state index in [9.17, 15) is 14.9 Å². The minimum absolute atomic E-state index is 0.0398. The van der Waals surface area contributed by atoms with Gasteiger partial charge in [0.25, 0.3) is 11.6 Å². The number of aryl methyl sites for hydroxylation is 1. The summed E-state index contributed by atoms with van der Waals surface area (Å²) < 4.78 is 0.809. The van der Waals surface area contributed by atoms with Crippen LogP contribution in [0.4, 0.5) is 11.4 Å². The number of nitro groups is 1. The Morgan fingerprint density at radius 3 is 2.62 bits per heavy atom. The van der Waals surface area contributed by atoms with Crippen LogP contribution in [0.25, 0.3) is 0 Å². The standard InChI is InChI=1S/C14H10BrClN2O3/c1-8-4-9(15)6-11(5-8)17-14(19)12-3-2-10(16)7-13(12)18(20)21/h2-7H,1H3,(H,17,19). The van der Waals surface area contributed by atoms with Crippen LogP contribution in [0.1, 0.15) is 15.9 Å². The van der Waals surface area contributed by atoms with E-state index in [0.717, 1.165) is 16.1 Å². The number of anilines is 1. The Kier molecular flexibility index (Phi) is 4.59. The SMILES string of the molecule is Cc1cc(Br)cc(NC(=O)c2ccc(Cl)cc2[N+](=O)[O-])c1. The average molecular weight is 370 g/mol. The molecule has 1 amide bonds. The molecular weight excluding hydrogens is 360 g/mol. The lowest BCUT2D eigenvalue weighted by Crippen LogP contribution is -2.14. The molecule has 0 unspecified atom stereocenters. The maximum Gasteiger partial charge on any atom is 0.283 e. The fourth-order valence-electron chi connectivity index (χ4n) is 1.85. The molecular formula is C14H10BrClN2O3. The van der Waals surface area contributed by atoms with Gasteiger partial charge < -0.3 is 5.32 Å². The topological polar surface area (TPSA) is 72.2 Å². The van der Waals surface area contributed by atoms with Crippen molar-refractivity contribution in [3.05, 3.63) is 67.1 Å². The summed E-state index contributed by atoms with van der Waals surface area (Å²) in [5, 5.41) is 13.8. The van der Waals surface area contributed by atoms with E-state index in [-0.39, 0.29) is 16.3 Å². The third-order valence-electron chi connectivity index (χ3n) is 2.70. The number of nitrogens with zero attached hydrogens (tertiary/aromatic N) is 1. The summed E-state index contributed by atoms with van der Waals surface area (Å²) in [6, 6.07) is 9.30. The van der Waals surface area contributed by atoms with E-state index in [1.807, 2.05) is 13.0 Å². The first-order valence-electron chi connectivity index (χ1n) is 5.89. The number of carbonyl (C=O) groups is 1. The fourth-order valence-corrected chi connectivity index (χ4v) is 2.63. The van der Waals surface area contributed by atoms with E-state index in [2.05, 4.69) is 21.2 Å². The van der Waals surface area contributed by atoms with Gasteiger partial charge in [-0.3, -0.25) is 14.9 Å². The van der Waals surface area contributed by atoms with Crippen LogP contribution < -0.4 is 5.32 Å². The highest BCUT2D eigenvalue weighted by Crippen LogP contribution is 2.25. The number of carbonyl (C=O) groups excluding carboxylic acids is 1. The highest BCUT2D eigenvalue weighted by molar-refractivity contribution is 9.10. The Morgan fingerprint density at radius 2 is 2.00 bits per heavy atom. The monoisotopic (exact) mass is 368 g/mol. The minimum Gasteiger partial charge on any atom is -0.322 e. The zero-order valence-corrected chi connectivity index (χ0v) is 13.2. The van der Waals surface area contributed by atoms with Gasteiger partial charge in [0.1, 0.15) is 5.56 Å². The number of hydrogen-bond acceptors (Lipinski definition) is 3. The Bertz CT molecular complexity index is 714. The molecule has 0 heterocycles. The zero-order valence-electron chi connectivity index (χ0n) is 10.9. The van der Waals surface area contributed by atoms with Crippen LogP contribution in [0.3, 0.4) is 0 Å². The number of hydrogen-bond donors (Lipinski definition) is 1. The van der Waals surface area contributed by atoms with Crippen molar-refractivity contribution in [2.75, 3.05) is 5.32 Å². The van der Waals surface area contributed by atoms with Gasteiger partial charge in [-0.2, -0.15) is 0 Å². The molecule has 0 bridgehead atoms. The van der Waals surface area contributed by atoms with Gasteiger partial charge in [-0.25, -0.2) is 0 Å². The first-order valence-corrected chi connectivity index (χ1v) is 7.06. The van der Waals surface area contributed by atoms with E-state index < -0.39 is 10.8 Å². The summed E-state index contributed by atoms with van der Waals surface area (Å²) in [7, 11) is 0. The summed E-state index contributed by atoms with van der Waals surface area (Å²) in [6.07, 6.45) is 0. The van der Waals surface area contributed by atoms with Gasteiger partial charge in [0, 0.05) is 21.2 Å². The summed E-state index contributed by atoms with van der Waals surface area (Å²) >= 11 is 9.05. The molecule has 0 saturated heterocycles. The Morgan fingerprint density at radius 1 is 1.29 bits per heavy atom. The van der Waals surface area contributed by atoms with Crippen molar-refractivity contribution >= 4 is 44.8 Å². The Balaban J connectivity index is 2.34. The second-order valence-corrected chi connectivity index (χ2v) is 5.74. The summed E-state index contributed by atoms with van der Waals surface area (Å²) in [5.74, 6) is -0.559. The lowest BCUT2D eigenvalue weighted by Gasteiger charge is -2.07. The molecule has 0 atom stereocenters. The molecule has 0 fully saturated rings. The van der Waals surface area contributed by atoms with Crippen molar-refractivity contribution in [3.63, 3.8) is 0 Å². The van der Waals surface area contributed by atoms with Crippen LogP contribution in [0.5, 0.6) is 0 Å². The number of nitro benzene ring substituents is 1. The predicted molar refractivity (Wildman–Crippen MR) is 84.9 cm³/mol. The van der Waals surface area contributed by atoms with Crippen molar-refractivity contribution in [1.82, 2.24) is 0 Å². The molecule has 7 heteroatoms. The molecule has 21 heavy (non-hydrogen) atoms.